The van der Waals surface area contributed by atoms with E-state index in [1.807, 2.05) is 54.5 Å². The summed E-state index contributed by atoms with van der Waals surface area (Å²) in [5, 5.41) is 4.28. The van der Waals surface area contributed by atoms with E-state index in [4.69, 9.17) is 4.98 Å². The zero-order chi connectivity index (χ0) is 22.8. The van der Waals surface area contributed by atoms with Crippen molar-refractivity contribution in [1.29, 1.82) is 0 Å². The highest BCUT2D eigenvalue weighted by atomic mass is 16.2. The van der Waals surface area contributed by atoms with Crippen molar-refractivity contribution in [2.75, 3.05) is 13.1 Å². The molecule has 1 fully saturated rings. The molecule has 0 N–H and O–H groups in total. The average Bonchev–Trinajstić information content (AvgIpc) is 3.39. The number of carbonyl (C=O) groups is 1. The van der Waals surface area contributed by atoms with Crippen LogP contribution in [0.3, 0.4) is 0 Å². The SMILES string of the molecule is Cc1cccc(-c2cnc(C)nc2[C@H]2CCCN(C(=O)c3cccc(-n4cccn4)c3)C2)c1. The molecule has 33 heavy (non-hydrogen) atoms. The first-order valence-electron chi connectivity index (χ1n) is 11.4. The van der Waals surface area contributed by atoms with Crippen LogP contribution >= 0.6 is 0 Å². The minimum atomic E-state index is 0.0524. The summed E-state index contributed by atoms with van der Waals surface area (Å²) >= 11 is 0. The molecule has 1 aliphatic rings. The Kier molecular flexibility index (Phi) is 5.73. The molecular weight excluding hydrogens is 410 g/mol. The van der Waals surface area contributed by atoms with Crippen molar-refractivity contribution >= 4 is 5.91 Å². The van der Waals surface area contributed by atoms with Crippen LogP contribution in [-0.4, -0.2) is 43.6 Å². The van der Waals surface area contributed by atoms with Crippen molar-refractivity contribution in [3.63, 3.8) is 0 Å². The maximum atomic E-state index is 13.4. The molecule has 0 spiro atoms. The van der Waals surface area contributed by atoms with E-state index in [9.17, 15) is 4.79 Å². The van der Waals surface area contributed by atoms with Crippen LogP contribution in [0.25, 0.3) is 16.8 Å². The molecule has 5 rings (SSSR count). The first kappa shape index (κ1) is 21.1. The van der Waals surface area contributed by atoms with Gasteiger partial charge in [0.25, 0.3) is 5.91 Å². The molecule has 1 saturated heterocycles. The smallest absolute Gasteiger partial charge is 0.253 e. The summed E-state index contributed by atoms with van der Waals surface area (Å²) in [5.74, 6) is 0.988. The Bertz CT molecular complexity index is 1280. The molecular formula is C27H27N5O. The van der Waals surface area contributed by atoms with Crippen LogP contribution in [0.2, 0.25) is 0 Å². The third kappa shape index (κ3) is 4.42. The Morgan fingerprint density at radius 3 is 2.76 bits per heavy atom. The number of hydrogen-bond donors (Lipinski definition) is 0. The summed E-state index contributed by atoms with van der Waals surface area (Å²) in [6, 6.07) is 18.0. The van der Waals surface area contributed by atoms with Crippen molar-refractivity contribution in [3.05, 3.63) is 95.8 Å². The van der Waals surface area contributed by atoms with E-state index in [1.165, 1.54) is 5.56 Å². The van der Waals surface area contributed by atoms with Gasteiger partial charge < -0.3 is 4.90 Å². The van der Waals surface area contributed by atoms with Crippen LogP contribution in [0.15, 0.2) is 73.2 Å². The second kappa shape index (κ2) is 8.98. The zero-order valence-corrected chi connectivity index (χ0v) is 19.0. The number of aromatic nitrogens is 4. The first-order chi connectivity index (χ1) is 16.1. The zero-order valence-electron chi connectivity index (χ0n) is 19.0. The van der Waals surface area contributed by atoms with Crippen molar-refractivity contribution < 1.29 is 4.79 Å². The van der Waals surface area contributed by atoms with E-state index in [0.717, 1.165) is 47.7 Å². The van der Waals surface area contributed by atoms with Gasteiger partial charge in [0.05, 0.1) is 11.4 Å². The van der Waals surface area contributed by atoms with Gasteiger partial charge in [0, 0.05) is 48.7 Å². The molecule has 6 heteroatoms. The van der Waals surface area contributed by atoms with E-state index < -0.39 is 0 Å². The molecule has 1 aliphatic heterocycles. The van der Waals surface area contributed by atoms with Crippen molar-refractivity contribution in [2.24, 2.45) is 0 Å². The Morgan fingerprint density at radius 1 is 1.06 bits per heavy atom. The molecule has 0 aliphatic carbocycles. The van der Waals surface area contributed by atoms with Crippen LogP contribution in [0.1, 0.15) is 46.2 Å². The van der Waals surface area contributed by atoms with E-state index in [1.54, 1.807) is 10.9 Å². The number of nitrogens with zero attached hydrogens (tertiary/aromatic N) is 5. The highest BCUT2D eigenvalue weighted by Crippen LogP contribution is 2.33. The summed E-state index contributed by atoms with van der Waals surface area (Å²) in [6.07, 6.45) is 7.50. The lowest BCUT2D eigenvalue weighted by Gasteiger charge is -2.33. The van der Waals surface area contributed by atoms with Gasteiger partial charge in [0.2, 0.25) is 0 Å². The van der Waals surface area contributed by atoms with Gasteiger partial charge in [-0.05, 0) is 56.5 Å². The Morgan fingerprint density at radius 2 is 1.94 bits per heavy atom. The largest absolute Gasteiger partial charge is 0.338 e. The van der Waals surface area contributed by atoms with Gasteiger partial charge in [-0.15, -0.1) is 0 Å². The monoisotopic (exact) mass is 437 g/mol. The van der Waals surface area contributed by atoms with Crippen molar-refractivity contribution in [2.45, 2.75) is 32.6 Å². The van der Waals surface area contributed by atoms with Gasteiger partial charge >= 0.3 is 0 Å². The molecule has 166 valence electrons. The highest BCUT2D eigenvalue weighted by Gasteiger charge is 2.28. The Hall–Kier alpha value is -3.80. The molecule has 0 unspecified atom stereocenters. The Balaban J connectivity index is 1.43. The topological polar surface area (TPSA) is 63.9 Å². The summed E-state index contributed by atoms with van der Waals surface area (Å²) in [4.78, 5) is 24.7. The average molecular weight is 438 g/mol. The minimum Gasteiger partial charge on any atom is -0.338 e. The number of carbonyl (C=O) groups excluding carboxylic acids is 1. The molecule has 2 aromatic carbocycles. The normalized spacial score (nSPS) is 16.1. The lowest BCUT2D eigenvalue weighted by molar-refractivity contribution is 0.0706. The Labute approximate surface area is 193 Å². The van der Waals surface area contributed by atoms with Gasteiger partial charge in [-0.1, -0.05) is 35.9 Å². The van der Waals surface area contributed by atoms with Gasteiger partial charge in [-0.25, -0.2) is 14.6 Å². The molecule has 6 nitrogen and oxygen atoms in total. The molecule has 0 saturated carbocycles. The van der Waals surface area contributed by atoms with Crippen LogP contribution in [0.5, 0.6) is 0 Å². The summed E-state index contributed by atoms with van der Waals surface area (Å²) in [7, 11) is 0. The van der Waals surface area contributed by atoms with Crippen LogP contribution < -0.4 is 0 Å². The van der Waals surface area contributed by atoms with Crippen LogP contribution in [-0.2, 0) is 0 Å². The maximum Gasteiger partial charge on any atom is 0.253 e. The fourth-order valence-electron chi connectivity index (χ4n) is 4.60. The summed E-state index contributed by atoms with van der Waals surface area (Å²) in [6.45, 7) is 5.43. The van der Waals surface area contributed by atoms with Gasteiger partial charge in [-0.2, -0.15) is 5.10 Å². The number of amides is 1. The van der Waals surface area contributed by atoms with Gasteiger partial charge in [-0.3, -0.25) is 4.79 Å². The second-order valence-corrected chi connectivity index (χ2v) is 8.68. The quantitative estimate of drug-likeness (QED) is 0.452. The predicted octanol–water partition coefficient (Wildman–Crippen LogP) is 4.97. The lowest BCUT2D eigenvalue weighted by atomic mass is 9.89. The predicted molar refractivity (Wildman–Crippen MR) is 128 cm³/mol. The second-order valence-electron chi connectivity index (χ2n) is 8.68. The number of piperidine rings is 1. The van der Waals surface area contributed by atoms with Gasteiger partial charge in [0.1, 0.15) is 5.82 Å². The van der Waals surface area contributed by atoms with Crippen LogP contribution in [0.4, 0.5) is 0 Å². The van der Waals surface area contributed by atoms with E-state index in [-0.39, 0.29) is 11.8 Å². The molecule has 4 aromatic rings. The molecule has 2 aromatic heterocycles. The standard InChI is InChI=1S/C27H27N5O/c1-19-7-3-8-21(15-19)25-17-28-20(2)30-26(25)23-10-5-13-31(18-23)27(33)22-9-4-11-24(16-22)32-14-6-12-29-32/h3-4,6-9,11-12,14-17,23H,5,10,13,18H2,1-2H3/t23-/m0/s1. The van der Waals surface area contributed by atoms with E-state index in [2.05, 4.69) is 41.3 Å². The summed E-state index contributed by atoms with van der Waals surface area (Å²) < 4.78 is 1.77. The van der Waals surface area contributed by atoms with Crippen molar-refractivity contribution in [3.8, 4) is 16.8 Å². The molecule has 0 radical (unpaired) electrons. The third-order valence-corrected chi connectivity index (χ3v) is 6.23. The fraction of sp³-hybridized carbons (Fsp3) is 0.259. The first-order valence-corrected chi connectivity index (χ1v) is 11.4. The van der Waals surface area contributed by atoms with Gasteiger partial charge in [0.15, 0.2) is 0 Å². The number of benzene rings is 2. The number of hydrogen-bond acceptors (Lipinski definition) is 4. The number of rotatable bonds is 4. The molecule has 3 heterocycles. The lowest BCUT2D eigenvalue weighted by Crippen LogP contribution is -2.39. The highest BCUT2D eigenvalue weighted by molar-refractivity contribution is 5.95. The molecule has 1 atom stereocenters. The molecule has 0 bridgehead atoms. The molecule has 1 amide bonds. The minimum absolute atomic E-state index is 0.0524. The maximum absolute atomic E-state index is 13.4. The van der Waals surface area contributed by atoms with E-state index in [0.29, 0.717) is 12.1 Å². The third-order valence-electron chi connectivity index (χ3n) is 6.23. The van der Waals surface area contributed by atoms with Crippen LogP contribution in [0, 0.1) is 13.8 Å². The summed E-state index contributed by atoms with van der Waals surface area (Å²) in [5.41, 5.74) is 5.99. The van der Waals surface area contributed by atoms with Crippen molar-refractivity contribution in [1.82, 2.24) is 24.6 Å². The van der Waals surface area contributed by atoms with E-state index >= 15 is 0 Å². The number of likely N-dealkylation sites (tertiary alicyclic amines) is 1. The number of aryl methyl sites for hydroxylation is 2. The fourth-order valence-corrected chi connectivity index (χ4v) is 4.60.